The second-order valence-electron chi connectivity index (χ2n) is 6.90. The van der Waals surface area contributed by atoms with E-state index in [2.05, 4.69) is 47.5 Å². The molecule has 2 aromatic rings. The van der Waals surface area contributed by atoms with E-state index >= 15 is 0 Å². The summed E-state index contributed by atoms with van der Waals surface area (Å²) in [5.74, 6) is 0.914. The Morgan fingerprint density at radius 2 is 1.84 bits per heavy atom. The minimum absolute atomic E-state index is 0. The van der Waals surface area contributed by atoms with E-state index in [1.54, 1.807) is 0 Å². The molecular formula is C21H29ClN2O. The van der Waals surface area contributed by atoms with Gasteiger partial charge in [-0.1, -0.05) is 49.4 Å². The number of nitrogens with one attached hydrogen (secondary N) is 1. The number of nitrogens with zero attached hydrogens (tertiary/aromatic N) is 1. The first-order valence-corrected chi connectivity index (χ1v) is 9.17. The SMILES string of the molecule is CCNCC1CCN(C(=O)C(C)c2ccc3ccccc3c2)CC1.Cl. The second kappa shape index (κ2) is 9.21. The van der Waals surface area contributed by atoms with Crippen LogP contribution < -0.4 is 5.32 Å². The zero-order valence-corrected chi connectivity index (χ0v) is 16.0. The van der Waals surface area contributed by atoms with Gasteiger partial charge < -0.3 is 10.2 Å². The number of fused-ring (bicyclic) bond motifs is 1. The van der Waals surface area contributed by atoms with Gasteiger partial charge in [-0.25, -0.2) is 0 Å². The third kappa shape index (κ3) is 4.74. The van der Waals surface area contributed by atoms with E-state index < -0.39 is 0 Å². The Morgan fingerprint density at radius 3 is 2.52 bits per heavy atom. The van der Waals surface area contributed by atoms with E-state index in [9.17, 15) is 4.79 Å². The first-order valence-electron chi connectivity index (χ1n) is 9.17. The van der Waals surface area contributed by atoms with Crippen molar-refractivity contribution in [3.63, 3.8) is 0 Å². The number of carbonyl (C=O) groups excluding carboxylic acids is 1. The highest BCUT2D eigenvalue weighted by Gasteiger charge is 2.26. The fourth-order valence-corrected chi connectivity index (χ4v) is 3.60. The molecule has 0 radical (unpaired) electrons. The van der Waals surface area contributed by atoms with Gasteiger partial charge >= 0.3 is 0 Å². The van der Waals surface area contributed by atoms with Gasteiger partial charge in [0.15, 0.2) is 0 Å². The summed E-state index contributed by atoms with van der Waals surface area (Å²) >= 11 is 0. The zero-order valence-electron chi connectivity index (χ0n) is 15.2. The van der Waals surface area contributed by atoms with Crippen molar-refractivity contribution in [1.29, 1.82) is 0 Å². The number of rotatable bonds is 5. The molecule has 1 N–H and O–H groups in total. The fraction of sp³-hybridized carbons (Fsp3) is 0.476. The van der Waals surface area contributed by atoms with Crippen LogP contribution in [-0.2, 0) is 4.79 Å². The number of likely N-dealkylation sites (tertiary alicyclic amines) is 1. The lowest BCUT2D eigenvalue weighted by Crippen LogP contribution is -2.42. The van der Waals surface area contributed by atoms with Gasteiger partial charge in [-0.3, -0.25) is 4.79 Å². The maximum atomic E-state index is 12.9. The van der Waals surface area contributed by atoms with Crippen molar-refractivity contribution in [2.24, 2.45) is 5.92 Å². The number of carbonyl (C=O) groups is 1. The van der Waals surface area contributed by atoms with Crippen LogP contribution in [0.15, 0.2) is 42.5 Å². The van der Waals surface area contributed by atoms with Crippen LogP contribution in [0.2, 0.25) is 0 Å². The highest BCUT2D eigenvalue weighted by Crippen LogP contribution is 2.25. The van der Waals surface area contributed by atoms with Gasteiger partial charge in [0, 0.05) is 13.1 Å². The molecule has 1 aliphatic rings. The molecule has 3 rings (SSSR count). The van der Waals surface area contributed by atoms with Crippen molar-refractivity contribution >= 4 is 29.1 Å². The fourth-order valence-electron chi connectivity index (χ4n) is 3.60. The maximum absolute atomic E-state index is 12.9. The summed E-state index contributed by atoms with van der Waals surface area (Å²) in [6.07, 6.45) is 2.23. The monoisotopic (exact) mass is 360 g/mol. The van der Waals surface area contributed by atoms with Gasteiger partial charge in [0.2, 0.25) is 5.91 Å². The molecule has 1 saturated heterocycles. The van der Waals surface area contributed by atoms with Crippen LogP contribution in [0, 0.1) is 5.92 Å². The Kier molecular flexibility index (Phi) is 7.27. The second-order valence-corrected chi connectivity index (χ2v) is 6.90. The summed E-state index contributed by atoms with van der Waals surface area (Å²) in [4.78, 5) is 14.9. The molecule has 0 spiro atoms. The molecule has 0 bridgehead atoms. The van der Waals surface area contributed by atoms with Gasteiger partial charge in [-0.2, -0.15) is 0 Å². The first kappa shape index (κ1) is 19.7. The summed E-state index contributed by atoms with van der Waals surface area (Å²) in [6, 6.07) is 14.7. The van der Waals surface area contributed by atoms with E-state index in [1.807, 2.05) is 19.1 Å². The Hall–Kier alpha value is -1.58. The molecule has 1 aliphatic heterocycles. The molecule has 0 aliphatic carbocycles. The quantitative estimate of drug-likeness (QED) is 0.866. The van der Waals surface area contributed by atoms with E-state index in [0.717, 1.165) is 44.6 Å². The summed E-state index contributed by atoms with van der Waals surface area (Å²) in [5, 5.41) is 5.86. The smallest absolute Gasteiger partial charge is 0.229 e. The molecule has 3 nitrogen and oxygen atoms in total. The Morgan fingerprint density at radius 1 is 1.16 bits per heavy atom. The molecule has 136 valence electrons. The van der Waals surface area contributed by atoms with Gasteiger partial charge in [-0.15, -0.1) is 12.4 Å². The molecule has 1 unspecified atom stereocenters. The average molecular weight is 361 g/mol. The summed E-state index contributed by atoms with van der Waals surface area (Å²) in [6.45, 7) is 8.08. The lowest BCUT2D eigenvalue weighted by atomic mass is 9.93. The van der Waals surface area contributed by atoms with Crippen molar-refractivity contribution in [2.45, 2.75) is 32.6 Å². The molecule has 1 atom stereocenters. The molecule has 1 amide bonds. The number of benzene rings is 2. The number of amides is 1. The standard InChI is InChI=1S/C21H28N2O.ClH/c1-3-22-15-17-10-12-23(13-11-17)21(24)16(2)19-9-8-18-6-4-5-7-20(18)14-19;/h4-9,14,16-17,22H,3,10-13,15H2,1-2H3;1H. The van der Waals surface area contributed by atoms with Gasteiger partial charge in [0.05, 0.1) is 5.92 Å². The molecule has 25 heavy (non-hydrogen) atoms. The van der Waals surface area contributed by atoms with Crippen LogP contribution in [-0.4, -0.2) is 37.0 Å². The lowest BCUT2D eigenvalue weighted by Gasteiger charge is -2.33. The topological polar surface area (TPSA) is 32.3 Å². The van der Waals surface area contributed by atoms with Gasteiger partial charge in [0.1, 0.15) is 0 Å². The van der Waals surface area contributed by atoms with Crippen LogP contribution >= 0.6 is 12.4 Å². The largest absolute Gasteiger partial charge is 0.342 e. The van der Waals surface area contributed by atoms with Crippen molar-refractivity contribution in [2.75, 3.05) is 26.2 Å². The average Bonchev–Trinajstić information content (AvgIpc) is 2.65. The van der Waals surface area contributed by atoms with Crippen molar-refractivity contribution in [1.82, 2.24) is 10.2 Å². The van der Waals surface area contributed by atoms with Gasteiger partial charge in [-0.05, 0) is 55.1 Å². The summed E-state index contributed by atoms with van der Waals surface area (Å²) < 4.78 is 0. The molecule has 4 heteroatoms. The normalized spacial score (nSPS) is 16.5. The third-order valence-corrected chi connectivity index (χ3v) is 5.25. The van der Waals surface area contributed by atoms with E-state index in [4.69, 9.17) is 0 Å². The predicted molar refractivity (Wildman–Crippen MR) is 107 cm³/mol. The third-order valence-electron chi connectivity index (χ3n) is 5.25. The minimum Gasteiger partial charge on any atom is -0.342 e. The van der Waals surface area contributed by atoms with Crippen LogP contribution in [0.4, 0.5) is 0 Å². The van der Waals surface area contributed by atoms with E-state index in [1.165, 1.54) is 10.8 Å². The number of piperidine rings is 1. The van der Waals surface area contributed by atoms with E-state index in [-0.39, 0.29) is 24.2 Å². The maximum Gasteiger partial charge on any atom is 0.229 e. The van der Waals surface area contributed by atoms with Gasteiger partial charge in [0.25, 0.3) is 0 Å². The Bertz CT molecular complexity index is 695. The molecule has 1 fully saturated rings. The van der Waals surface area contributed by atoms with Crippen LogP contribution in [0.1, 0.15) is 38.2 Å². The molecule has 0 aromatic heterocycles. The van der Waals surface area contributed by atoms with Crippen LogP contribution in [0.3, 0.4) is 0 Å². The highest BCUT2D eigenvalue weighted by molar-refractivity contribution is 5.87. The summed E-state index contributed by atoms with van der Waals surface area (Å²) in [7, 11) is 0. The molecule has 1 heterocycles. The summed E-state index contributed by atoms with van der Waals surface area (Å²) in [5.41, 5.74) is 1.12. The number of halogens is 1. The highest BCUT2D eigenvalue weighted by atomic mass is 35.5. The molecular weight excluding hydrogens is 332 g/mol. The van der Waals surface area contributed by atoms with E-state index in [0.29, 0.717) is 5.92 Å². The van der Waals surface area contributed by atoms with Crippen molar-refractivity contribution in [3.8, 4) is 0 Å². The zero-order chi connectivity index (χ0) is 16.9. The Balaban J connectivity index is 0.00000225. The lowest BCUT2D eigenvalue weighted by molar-refractivity contribution is -0.133. The van der Waals surface area contributed by atoms with Crippen LogP contribution in [0.25, 0.3) is 10.8 Å². The minimum atomic E-state index is -0.0695. The molecule has 0 saturated carbocycles. The number of hydrogen-bond acceptors (Lipinski definition) is 2. The Labute approximate surface area is 157 Å². The number of hydrogen-bond donors (Lipinski definition) is 1. The first-order chi connectivity index (χ1) is 11.7. The van der Waals surface area contributed by atoms with Crippen molar-refractivity contribution < 1.29 is 4.79 Å². The molecule has 2 aromatic carbocycles. The predicted octanol–water partition coefficient (Wildman–Crippen LogP) is 4.21. The van der Waals surface area contributed by atoms with Crippen molar-refractivity contribution in [3.05, 3.63) is 48.0 Å². The van der Waals surface area contributed by atoms with Crippen LogP contribution in [0.5, 0.6) is 0 Å².